The second-order valence-electron chi connectivity index (χ2n) is 14.0. The minimum atomic E-state index is -2.68. The number of esters is 4. The molecule has 0 radical (unpaired) electrons. The summed E-state index contributed by atoms with van der Waals surface area (Å²) in [6.45, 7) is 11.1. The lowest BCUT2D eigenvalue weighted by atomic mass is 9.38. The zero-order valence-electron chi connectivity index (χ0n) is 27.4. The molecule has 12 heteroatoms. The number of hydrogen-bond donors (Lipinski definition) is 2. The Kier molecular flexibility index (Phi) is 8.17. The lowest BCUT2D eigenvalue weighted by Crippen LogP contribution is -2.80. The van der Waals surface area contributed by atoms with E-state index in [-0.39, 0.29) is 29.6 Å². The van der Waals surface area contributed by atoms with Crippen molar-refractivity contribution in [1.82, 2.24) is 0 Å². The van der Waals surface area contributed by atoms with Gasteiger partial charge in [-0.15, -0.1) is 0 Å². The van der Waals surface area contributed by atoms with E-state index in [1.807, 2.05) is 0 Å². The summed E-state index contributed by atoms with van der Waals surface area (Å²) in [7, 11) is 1.22. The molecule has 4 aliphatic rings. The first-order valence-corrected chi connectivity index (χ1v) is 15.4. The number of Topliss-reactive ketones (excluding diaryl/α,β-unsaturated/α-hetero) is 1. The van der Waals surface area contributed by atoms with E-state index in [0.717, 1.165) is 6.92 Å². The summed E-state index contributed by atoms with van der Waals surface area (Å²) in [6.07, 6.45) is -1.45. The fourth-order valence-electron chi connectivity index (χ4n) is 8.96. The van der Waals surface area contributed by atoms with Gasteiger partial charge in [-0.25, -0.2) is 9.59 Å². The molecule has 0 unspecified atom stereocenters. The number of rotatable bonds is 6. The van der Waals surface area contributed by atoms with Crippen LogP contribution in [0.3, 0.4) is 0 Å². The third kappa shape index (κ3) is 4.51. The number of fused-ring (bicyclic) bond motifs is 5. The Labute approximate surface area is 267 Å². The van der Waals surface area contributed by atoms with Crippen LogP contribution in [-0.2, 0) is 42.9 Å². The second kappa shape index (κ2) is 11.2. The molecule has 0 amide bonds. The summed E-state index contributed by atoms with van der Waals surface area (Å²) in [6, 6.07) is 1.64. The molecule has 0 spiro atoms. The van der Waals surface area contributed by atoms with Gasteiger partial charge in [0, 0.05) is 40.7 Å². The molecular weight excluding hydrogens is 600 g/mol. The third-order valence-corrected chi connectivity index (χ3v) is 11.2. The highest BCUT2D eigenvalue weighted by molar-refractivity contribution is 6.00. The topological polar surface area (TPSA) is 176 Å². The van der Waals surface area contributed by atoms with Crippen LogP contribution in [0.5, 0.6) is 0 Å². The summed E-state index contributed by atoms with van der Waals surface area (Å²) in [5.41, 5.74) is -5.51. The quantitative estimate of drug-likeness (QED) is 0.201. The van der Waals surface area contributed by atoms with Crippen LogP contribution in [-0.4, -0.2) is 70.9 Å². The van der Waals surface area contributed by atoms with E-state index >= 15 is 0 Å². The fourth-order valence-corrected chi connectivity index (χ4v) is 8.96. The first-order chi connectivity index (χ1) is 21.4. The highest BCUT2D eigenvalue weighted by atomic mass is 16.6. The SMILES string of the molecule is C/C=C(\C)C(=O)O[C@H]1C(C)(C)[C@H](CC(=O)OC)[C@]2(C)C(=O)[C@@]1(O)[C@@H](OC(C)=O)C1=C3[C@@H](O)C(=O)O[C@@H](c4ccoc4)[C@]3(C)CC[C@@H]12. The van der Waals surface area contributed by atoms with Gasteiger partial charge in [0.25, 0.3) is 0 Å². The van der Waals surface area contributed by atoms with E-state index < -0.39 is 87.8 Å². The molecule has 5 rings (SSSR count). The number of ether oxygens (including phenoxy) is 4. The Hall–Kier alpha value is -3.77. The van der Waals surface area contributed by atoms with Gasteiger partial charge in [-0.1, -0.05) is 33.8 Å². The van der Waals surface area contributed by atoms with Gasteiger partial charge in [-0.2, -0.15) is 0 Å². The maximum absolute atomic E-state index is 14.9. The van der Waals surface area contributed by atoms with Crippen molar-refractivity contribution in [2.45, 2.75) is 97.7 Å². The maximum Gasteiger partial charge on any atom is 0.339 e. The molecule has 2 saturated carbocycles. The summed E-state index contributed by atoms with van der Waals surface area (Å²) in [5.74, 6) is -5.70. The van der Waals surface area contributed by atoms with Crippen LogP contribution >= 0.6 is 0 Å². The molecule has 3 fully saturated rings. The Morgan fingerprint density at radius 1 is 1.11 bits per heavy atom. The average molecular weight is 643 g/mol. The average Bonchev–Trinajstić information content (AvgIpc) is 3.54. The number of allylic oxidation sites excluding steroid dienone is 1. The van der Waals surface area contributed by atoms with Crippen LogP contribution in [0.4, 0.5) is 0 Å². The van der Waals surface area contributed by atoms with Gasteiger partial charge in [0.15, 0.2) is 18.0 Å². The molecule has 1 saturated heterocycles. The van der Waals surface area contributed by atoms with Crippen LogP contribution < -0.4 is 0 Å². The van der Waals surface area contributed by atoms with Gasteiger partial charge in [-0.05, 0) is 55.7 Å². The predicted molar refractivity (Wildman–Crippen MR) is 158 cm³/mol. The molecule has 2 heterocycles. The van der Waals surface area contributed by atoms with Crippen LogP contribution in [0.15, 0.2) is 45.8 Å². The standard InChI is InChI=1S/C34H42O12/c1-9-16(2)27(38)46-30-31(4,5)20(14-21(36)42-8)33(7)19-10-12-32(6)23(22(19)26(44-17(3)35)34(30,41)29(33)40)24(37)28(39)45-25(32)18-11-13-43-15-18/h9,11,13,15,19-20,24-26,30,37,41H,10,12,14H2,1-8H3/b16-9+/t19-,20-,24+,25-,26-,30-,32+,33+,34-/m0/s1. The zero-order valence-corrected chi connectivity index (χ0v) is 27.4. The Morgan fingerprint density at radius 2 is 1.78 bits per heavy atom. The first kappa shape index (κ1) is 33.6. The summed E-state index contributed by atoms with van der Waals surface area (Å²) < 4.78 is 27.9. The number of aliphatic hydroxyl groups excluding tert-OH is 1. The van der Waals surface area contributed by atoms with Crippen molar-refractivity contribution < 1.29 is 57.6 Å². The molecule has 1 aromatic heterocycles. The summed E-state index contributed by atoms with van der Waals surface area (Å²) >= 11 is 0. The molecule has 2 bridgehead atoms. The highest BCUT2D eigenvalue weighted by Crippen LogP contribution is 2.69. The van der Waals surface area contributed by atoms with Crippen molar-refractivity contribution in [3.8, 4) is 0 Å². The Bertz CT molecular complexity index is 1530. The molecule has 250 valence electrons. The van der Waals surface area contributed by atoms with Crippen molar-refractivity contribution in [3.63, 3.8) is 0 Å². The third-order valence-electron chi connectivity index (χ3n) is 11.2. The minimum absolute atomic E-state index is 0.154. The Morgan fingerprint density at radius 3 is 2.35 bits per heavy atom. The normalized spacial score (nSPS) is 38.3. The molecule has 9 atom stereocenters. The lowest BCUT2D eigenvalue weighted by molar-refractivity contribution is -0.257. The monoisotopic (exact) mass is 642 g/mol. The highest BCUT2D eigenvalue weighted by Gasteiger charge is 2.78. The number of cyclic esters (lactones) is 1. The van der Waals surface area contributed by atoms with Crippen LogP contribution in [0.2, 0.25) is 0 Å². The Balaban J connectivity index is 1.87. The van der Waals surface area contributed by atoms with Crippen molar-refractivity contribution in [1.29, 1.82) is 0 Å². The van der Waals surface area contributed by atoms with Crippen molar-refractivity contribution in [3.05, 3.63) is 47.0 Å². The number of aliphatic hydroxyl groups is 2. The van der Waals surface area contributed by atoms with Gasteiger partial charge in [-0.3, -0.25) is 14.4 Å². The molecule has 46 heavy (non-hydrogen) atoms. The molecule has 0 aromatic carbocycles. The number of carbonyl (C=O) groups is 5. The molecular formula is C34H42O12. The smallest absolute Gasteiger partial charge is 0.339 e. The number of methoxy groups -OCH3 is 1. The fraction of sp³-hybridized carbons (Fsp3) is 0.618. The summed E-state index contributed by atoms with van der Waals surface area (Å²) in [5, 5.41) is 24.5. The van der Waals surface area contributed by atoms with Crippen molar-refractivity contribution >= 4 is 29.7 Å². The molecule has 12 nitrogen and oxygen atoms in total. The molecule has 3 aliphatic carbocycles. The van der Waals surface area contributed by atoms with Gasteiger partial charge in [0.05, 0.1) is 19.6 Å². The second-order valence-corrected chi connectivity index (χ2v) is 14.0. The van der Waals surface area contributed by atoms with Gasteiger partial charge in [0.2, 0.25) is 5.60 Å². The van der Waals surface area contributed by atoms with Crippen LogP contribution in [0.1, 0.15) is 79.4 Å². The predicted octanol–water partition coefficient (Wildman–Crippen LogP) is 3.30. The van der Waals surface area contributed by atoms with Crippen molar-refractivity contribution in [2.75, 3.05) is 7.11 Å². The minimum Gasteiger partial charge on any atom is -0.472 e. The first-order valence-electron chi connectivity index (χ1n) is 15.4. The van der Waals surface area contributed by atoms with E-state index in [0.29, 0.717) is 12.0 Å². The van der Waals surface area contributed by atoms with Gasteiger partial charge >= 0.3 is 23.9 Å². The molecule has 1 aromatic rings. The van der Waals surface area contributed by atoms with Gasteiger partial charge in [0.1, 0.15) is 12.2 Å². The van der Waals surface area contributed by atoms with E-state index in [2.05, 4.69) is 0 Å². The maximum atomic E-state index is 14.9. The molecule has 2 N–H and O–H groups in total. The number of carbonyl (C=O) groups excluding carboxylic acids is 5. The van der Waals surface area contributed by atoms with Crippen LogP contribution in [0, 0.1) is 28.1 Å². The lowest BCUT2D eigenvalue weighted by Gasteiger charge is -2.67. The van der Waals surface area contributed by atoms with Crippen molar-refractivity contribution in [2.24, 2.45) is 28.1 Å². The molecule has 1 aliphatic heterocycles. The zero-order chi connectivity index (χ0) is 34.1. The van der Waals surface area contributed by atoms with E-state index in [1.165, 1.54) is 32.6 Å². The van der Waals surface area contributed by atoms with Gasteiger partial charge < -0.3 is 33.6 Å². The van der Waals surface area contributed by atoms with E-state index in [9.17, 15) is 34.2 Å². The van der Waals surface area contributed by atoms with E-state index in [1.54, 1.807) is 40.7 Å². The van der Waals surface area contributed by atoms with E-state index in [4.69, 9.17) is 23.4 Å². The number of furan rings is 1. The number of hydrogen-bond acceptors (Lipinski definition) is 12. The summed E-state index contributed by atoms with van der Waals surface area (Å²) in [4.78, 5) is 67.4. The largest absolute Gasteiger partial charge is 0.472 e. The number of ketones is 1. The van der Waals surface area contributed by atoms with Crippen LogP contribution in [0.25, 0.3) is 0 Å².